The van der Waals surface area contributed by atoms with E-state index in [1.54, 1.807) is 0 Å². The monoisotopic (exact) mass is 265 g/mol. The molecule has 0 spiro atoms. The van der Waals surface area contributed by atoms with Crippen LogP contribution < -0.4 is 14.8 Å². The van der Waals surface area contributed by atoms with Gasteiger partial charge in [-0.25, -0.2) is 0 Å². The number of para-hydroxylation sites is 1. The first-order chi connectivity index (χ1) is 8.83. The Labute approximate surface area is 117 Å². The zero-order valence-electron chi connectivity index (χ0n) is 13.0. The molecule has 0 aromatic heterocycles. The molecule has 0 amide bonds. The summed E-state index contributed by atoms with van der Waals surface area (Å²) in [5.74, 6) is 1.68. The Hall–Kier alpha value is -1.22. The summed E-state index contributed by atoms with van der Waals surface area (Å²) in [6, 6.07) is 6.05. The average molecular weight is 265 g/mol. The molecular formula is C16H27NO2. The molecule has 0 atom stereocenters. The van der Waals surface area contributed by atoms with Crippen LogP contribution in [0.2, 0.25) is 0 Å². The Morgan fingerprint density at radius 1 is 1.21 bits per heavy atom. The van der Waals surface area contributed by atoms with Crippen LogP contribution in [-0.2, 0) is 6.54 Å². The van der Waals surface area contributed by atoms with E-state index in [0.717, 1.165) is 23.6 Å². The molecule has 0 saturated carbocycles. The van der Waals surface area contributed by atoms with E-state index in [1.807, 2.05) is 32.9 Å². The number of benzene rings is 1. The van der Waals surface area contributed by atoms with Gasteiger partial charge in [-0.1, -0.05) is 12.1 Å². The minimum atomic E-state index is 0.0801. The summed E-state index contributed by atoms with van der Waals surface area (Å²) in [5.41, 5.74) is 1.21. The van der Waals surface area contributed by atoms with E-state index in [0.29, 0.717) is 6.61 Å². The van der Waals surface area contributed by atoms with Crippen molar-refractivity contribution in [2.45, 2.75) is 59.7 Å². The third kappa shape index (κ3) is 5.52. The normalized spacial score (nSPS) is 11.7. The van der Waals surface area contributed by atoms with Crippen molar-refractivity contribution in [1.82, 2.24) is 5.32 Å². The summed E-state index contributed by atoms with van der Waals surface area (Å²) in [6.45, 7) is 13.9. The van der Waals surface area contributed by atoms with Gasteiger partial charge in [0.25, 0.3) is 0 Å². The molecule has 1 aromatic rings. The topological polar surface area (TPSA) is 30.5 Å². The third-order valence-corrected chi connectivity index (χ3v) is 2.52. The molecule has 3 heteroatoms. The molecule has 0 bridgehead atoms. The highest BCUT2D eigenvalue weighted by Gasteiger charge is 2.15. The van der Waals surface area contributed by atoms with E-state index < -0.39 is 0 Å². The number of rotatable bonds is 6. The molecule has 0 fully saturated rings. The summed E-state index contributed by atoms with van der Waals surface area (Å²) in [4.78, 5) is 0. The van der Waals surface area contributed by atoms with Crippen LogP contribution >= 0.6 is 0 Å². The molecule has 0 aliphatic rings. The Balaban J connectivity index is 2.97. The maximum absolute atomic E-state index is 5.93. The quantitative estimate of drug-likeness (QED) is 0.849. The van der Waals surface area contributed by atoms with E-state index in [4.69, 9.17) is 9.47 Å². The second-order valence-corrected chi connectivity index (χ2v) is 5.95. The Kier molecular flexibility index (Phi) is 5.67. The van der Waals surface area contributed by atoms with Crippen LogP contribution in [0.5, 0.6) is 11.5 Å². The van der Waals surface area contributed by atoms with Gasteiger partial charge in [-0.15, -0.1) is 0 Å². The standard InChI is InChI=1S/C16H27NO2/c1-7-18-14-10-8-9-13(11-17-16(4,5)6)15(14)19-12(2)3/h8-10,12,17H,7,11H2,1-6H3. The molecule has 0 saturated heterocycles. The fourth-order valence-corrected chi connectivity index (χ4v) is 1.70. The molecule has 1 N–H and O–H groups in total. The van der Waals surface area contributed by atoms with Gasteiger partial charge in [-0.3, -0.25) is 0 Å². The van der Waals surface area contributed by atoms with Crippen LogP contribution in [0, 0.1) is 0 Å². The molecule has 19 heavy (non-hydrogen) atoms. The van der Waals surface area contributed by atoms with Crippen molar-refractivity contribution in [2.75, 3.05) is 6.61 Å². The average Bonchev–Trinajstić information content (AvgIpc) is 2.28. The van der Waals surface area contributed by atoms with E-state index in [-0.39, 0.29) is 11.6 Å². The van der Waals surface area contributed by atoms with Gasteiger partial charge in [0.2, 0.25) is 0 Å². The van der Waals surface area contributed by atoms with Gasteiger partial charge < -0.3 is 14.8 Å². The van der Waals surface area contributed by atoms with Crippen molar-refractivity contribution >= 4 is 0 Å². The van der Waals surface area contributed by atoms with Crippen LogP contribution in [0.3, 0.4) is 0 Å². The summed E-state index contributed by atoms with van der Waals surface area (Å²) in [6.07, 6.45) is 0.134. The van der Waals surface area contributed by atoms with Gasteiger partial charge in [0.15, 0.2) is 11.5 Å². The second kappa shape index (κ2) is 6.80. The lowest BCUT2D eigenvalue weighted by Crippen LogP contribution is -2.35. The zero-order valence-corrected chi connectivity index (χ0v) is 13.0. The predicted molar refractivity (Wildman–Crippen MR) is 80.0 cm³/mol. The number of nitrogens with one attached hydrogen (secondary N) is 1. The molecule has 0 aliphatic carbocycles. The summed E-state index contributed by atoms with van der Waals surface area (Å²) < 4.78 is 11.6. The lowest BCUT2D eigenvalue weighted by Gasteiger charge is -2.23. The summed E-state index contributed by atoms with van der Waals surface area (Å²) in [5, 5.41) is 3.49. The van der Waals surface area contributed by atoms with Crippen LogP contribution in [0.15, 0.2) is 18.2 Å². The van der Waals surface area contributed by atoms with Gasteiger partial charge in [0, 0.05) is 17.6 Å². The van der Waals surface area contributed by atoms with Crippen molar-refractivity contribution in [3.63, 3.8) is 0 Å². The largest absolute Gasteiger partial charge is 0.490 e. The fraction of sp³-hybridized carbons (Fsp3) is 0.625. The van der Waals surface area contributed by atoms with Gasteiger partial charge in [0.1, 0.15) is 0 Å². The number of hydrogen-bond acceptors (Lipinski definition) is 3. The predicted octanol–water partition coefficient (Wildman–Crippen LogP) is 3.76. The minimum absolute atomic E-state index is 0.0801. The highest BCUT2D eigenvalue weighted by Crippen LogP contribution is 2.32. The van der Waals surface area contributed by atoms with Crippen molar-refractivity contribution in [2.24, 2.45) is 0 Å². The maximum atomic E-state index is 5.93. The van der Waals surface area contributed by atoms with Gasteiger partial charge in [-0.2, -0.15) is 0 Å². The smallest absolute Gasteiger partial charge is 0.166 e. The Morgan fingerprint density at radius 3 is 2.42 bits per heavy atom. The first-order valence-corrected chi connectivity index (χ1v) is 7.00. The van der Waals surface area contributed by atoms with Gasteiger partial charge in [-0.05, 0) is 47.6 Å². The number of hydrogen-bond donors (Lipinski definition) is 1. The van der Waals surface area contributed by atoms with Crippen molar-refractivity contribution < 1.29 is 9.47 Å². The maximum Gasteiger partial charge on any atom is 0.166 e. The van der Waals surface area contributed by atoms with Crippen molar-refractivity contribution in [1.29, 1.82) is 0 Å². The van der Waals surface area contributed by atoms with Crippen LogP contribution in [-0.4, -0.2) is 18.2 Å². The highest BCUT2D eigenvalue weighted by molar-refractivity contribution is 5.46. The summed E-state index contributed by atoms with van der Waals surface area (Å²) in [7, 11) is 0. The van der Waals surface area contributed by atoms with E-state index >= 15 is 0 Å². The Morgan fingerprint density at radius 2 is 1.89 bits per heavy atom. The van der Waals surface area contributed by atoms with Crippen molar-refractivity contribution in [3.05, 3.63) is 23.8 Å². The molecule has 108 valence electrons. The molecular weight excluding hydrogens is 238 g/mol. The zero-order chi connectivity index (χ0) is 14.5. The molecule has 3 nitrogen and oxygen atoms in total. The summed E-state index contributed by atoms with van der Waals surface area (Å²) >= 11 is 0. The number of ether oxygens (including phenoxy) is 2. The lowest BCUT2D eigenvalue weighted by atomic mass is 10.1. The van der Waals surface area contributed by atoms with E-state index in [1.165, 1.54) is 0 Å². The first-order valence-electron chi connectivity index (χ1n) is 7.00. The molecule has 1 aromatic carbocycles. The third-order valence-electron chi connectivity index (χ3n) is 2.52. The van der Waals surface area contributed by atoms with Crippen LogP contribution in [0.25, 0.3) is 0 Å². The molecule has 1 rings (SSSR count). The van der Waals surface area contributed by atoms with Gasteiger partial charge >= 0.3 is 0 Å². The fourth-order valence-electron chi connectivity index (χ4n) is 1.70. The van der Waals surface area contributed by atoms with E-state index in [9.17, 15) is 0 Å². The molecule has 0 heterocycles. The first kappa shape index (κ1) is 15.8. The SMILES string of the molecule is CCOc1cccc(CNC(C)(C)C)c1OC(C)C. The molecule has 0 aliphatic heterocycles. The Bertz CT molecular complexity index is 394. The second-order valence-electron chi connectivity index (χ2n) is 5.95. The minimum Gasteiger partial charge on any atom is -0.490 e. The van der Waals surface area contributed by atoms with Gasteiger partial charge in [0.05, 0.1) is 12.7 Å². The molecule has 0 radical (unpaired) electrons. The highest BCUT2D eigenvalue weighted by atomic mass is 16.5. The van der Waals surface area contributed by atoms with Crippen molar-refractivity contribution in [3.8, 4) is 11.5 Å². The van der Waals surface area contributed by atoms with Crippen LogP contribution in [0.1, 0.15) is 47.1 Å². The van der Waals surface area contributed by atoms with E-state index in [2.05, 4.69) is 32.2 Å². The molecule has 0 unspecified atom stereocenters. The lowest BCUT2D eigenvalue weighted by molar-refractivity contribution is 0.220. The van der Waals surface area contributed by atoms with Crippen LogP contribution in [0.4, 0.5) is 0 Å².